The molecule has 1 heterocycles. The van der Waals surface area contributed by atoms with Crippen LogP contribution in [0.1, 0.15) is 38.6 Å². The maximum atomic E-state index is 12.8. The minimum Gasteiger partial charge on any atom is -0.436 e. The van der Waals surface area contributed by atoms with E-state index in [0.29, 0.717) is 17.4 Å². The Bertz CT molecular complexity index is 797. The molecule has 0 spiro atoms. The van der Waals surface area contributed by atoms with E-state index >= 15 is 0 Å². The Labute approximate surface area is 139 Å². The number of hydrogen-bond donors (Lipinski definition) is 0. The van der Waals surface area contributed by atoms with Gasteiger partial charge in [0.1, 0.15) is 5.52 Å². The highest BCUT2D eigenvalue weighted by Gasteiger charge is 2.31. The molecule has 128 valence electrons. The minimum absolute atomic E-state index is 0.186. The van der Waals surface area contributed by atoms with E-state index in [1.165, 1.54) is 6.07 Å². The summed E-state index contributed by atoms with van der Waals surface area (Å²) >= 11 is 0. The van der Waals surface area contributed by atoms with Crippen molar-refractivity contribution in [3.05, 3.63) is 60.0 Å². The summed E-state index contributed by atoms with van der Waals surface area (Å²) in [4.78, 5) is 4.24. The van der Waals surface area contributed by atoms with Gasteiger partial charge in [0.05, 0.1) is 5.56 Å². The number of nitrogens with zero attached hydrogens (tertiary/aromatic N) is 1. The van der Waals surface area contributed by atoms with Crippen molar-refractivity contribution >= 4 is 16.7 Å². The molecule has 0 N–H and O–H groups in total. The molecule has 0 saturated heterocycles. The molecule has 0 saturated carbocycles. The van der Waals surface area contributed by atoms with E-state index < -0.39 is 11.7 Å². The highest BCUT2D eigenvalue weighted by atomic mass is 19.4. The summed E-state index contributed by atoms with van der Waals surface area (Å²) in [6.45, 7) is 9.79. The van der Waals surface area contributed by atoms with Crippen molar-refractivity contribution in [3.63, 3.8) is 0 Å². The van der Waals surface area contributed by atoms with E-state index in [9.17, 15) is 13.2 Å². The van der Waals surface area contributed by atoms with Crippen molar-refractivity contribution in [2.45, 2.75) is 33.4 Å². The SMILES string of the molecule is C=C/C=C(\C(C)=C/C(C)CC)c1nc2cc(C(F)(F)F)ccc2o1. The van der Waals surface area contributed by atoms with Crippen LogP contribution in [0.25, 0.3) is 16.7 Å². The normalized spacial score (nSPS) is 14.9. The predicted octanol–water partition coefficient (Wildman–Crippen LogP) is 6.41. The van der Waals surface area contributed by atoms with E-state index in [2.05, 4.69) is 31.5 Å². The largest absolute Gasteiger partial charge is 0.436 e. The third kappa shape index (κ3) is 3.96. The van der Waals surface area contributed by atoms with Gasteiger partial charge in [-0.05, 0) is 42.7 Å². The van der Waals surface area contributed by atoms with Crippen LogP contribution >= 0.6 is 0 Å². The van der Waals surface area contributed by atoms with Gasteiger partial charge in [-0.2, -0.15) is 13.2 Å². The van der Waals surface area contributed by atoms with Gasteiger partial charge in [-0.3, -0.25) is 0 Å². The first-order valence-corrected chi connectivity index (χ1v) is 7.76. The monoisotopic (exact) mass is 335 g/mol. The molecule has 0 aliphatic heterocycles. The third-order valence-corrected chi connectivity index (χ3v) is 3.83. The molecule has 0 aliphatic carbocycles. The van der Waals surface area contributed by atoms with Gasteiger partial charge < -0.3 is 4.42 Å². The first kappa shape index (κ1) is 18.0. The molecule has 24 heavy (non-hydrogen) atoms. The highest BCUT2D eigenvalue weighted by molar-refractivity contribution is 5.81. The summed E-state index contributed by atoms with van der Waals surface area (Å²) in [5, 5.41) is 0. The summed E-state index contributed by atoms with van der Waals surface area (Å²) in [5.74, 6) is 0.667. The van der Waals surface area contributed by atoms with Crippen molar-refractivity contribution < 1.29 is 17.6 Å². The lowest BCUT2D eigenvalue weighted by Gasteiger charge is -2.07. The Hall–Kier alpha value is -2.30. The number of benzene rings is 1. The first-order valence-electron chi connectivity index (χ1n) is 7.76. The van der Waals surface area contributed by atoms with Crippen LogP contribution in [0.5, 0.6) is 0 Å². The molecule has 1 unspecified atom stereocenters. The number of aromatic nitrogens is 1. The van der Waals surface area contributed by atoms with Crippen molar-refractivity contribution in [2.24, 2.45) is 5.92 Å². The fraction of sp³-hybridized carbons (Fsp3) is 0.316. The Kier molecular flexibility index (Phi) is 5.32. The van der Waals surface area contributed by atoms with Crippen LogP contribution in [-0.2, 0) is 6.18 Å². The standard InChI is InChI=1S/C19H20F3NO/c1-5-7-15(13(4)10-12(3)6-2)18-23-16-11-14(19(20,21)22)8-9-17(16)24-18/h5,7-12H,1,6H2,2-4H3/b13-10-,15-7+. The third-order valence-electron chi connectivity index (χ3n) is 3.83. The fourth-order valence-electron chi connectivity index (χ4n) is 2.34. The molecular weight excluding hydrogens is 315 g/mol. The number of allylic oxidation sites excluding steroid dienone is 5. The Morgan fingerprint density at radius 1 is 1.38 bits per heavy atom. The van der Waals surface area contributed by atoms with Gasteiger partial charge in [0.15, 0.2) is 5.58 Å². The Balaban J connectivity index is 2.50. The van der Waals surface area contributed by atoms with Gasteiger partial charge in [-0.15, -0.1) is 0 Å². The molecule has 2 rings (SSSR count). The number of rotatable bonds is 5. The minimum atomic E-state index is -4.40. The topological polar surface area (TPSA) is 26.0 Å². The lowest BCUT2D eigenvalue weighted by molar-refractivity contribution is -0.137. The molecule has 0 amide bonds. The molecular formula is C19H20F3NO. The van der Waals surface area contributed by atoms with Gasteiger partial charge in [0.2, 0.25) is 5.89 Å². The number of fused-ring (bicyclic) bond motifs is 1. The van der Waals surface area contributed by atoms with E-state index in [0.717, 1.165) is 29.7 Å². The second kappa shape index (κ2) is 7.07. The summed E-state index contributed by atoms with van der Waals surface area (Å²) in [6, 6.07) is 3.30. The van der Waals surface area contributed by atoms with Crippen LogP contribution < -0.4 is 0 Å². The molecule has 0 fully saturated rings. The predicted molar refractivity (Wildman–Crippen MR) is 90.4 cm³/mol. The molecule has 2 aromatic rings. The molecule has 1 atom stereocenters. The number of alkyl halides is 3. The zero-order valence-electron chi connectivity index (χ0n) is 13.9. The summed E-state index contributed by atoms with van der Waals surface area (Å²) in [6.07, 6.45) is 2.04. The number of halogens is 3. The van der Waals surface area contributed by atoms with Crippen molar-refractivity contribution in [3.8, 4) is 0 Å². The average Bonchev–Trinajstić information content (AvgIpc) is 2.93. The van der Waals surface area contributed by atoms with Crippen LogP contribution in [-0.4, -0.2) is 4.98 Å². The van der Waals surface area contributed by atoms with E-state index in [-0.39, 0.29) is 5.52 Å². The summed E-state index contributed by atoms with van der Waals surface area (Å²) < 4.78 is 44.1. The zero-order valence-corrected chi connectivity index (χ0v) is 13.9. The maximum Gasteiger partial charge on any atom is 0.416 e. The summed E-state index contributed by atoms with van der Waals surface area (Å²) in [5.41, 5.74) is 1.44. The second-order valence-corrected chi connectivity index (χ2v) is 5.75. The Morgan fingerprint density at radius 3 is 2.67 bits per heavy atom. The molecule has 0 radical (unpaired) electrons. The number of hydrogen-bond acceptors (Lipinski definition) is 2. The van der Waals surface area contributed by atoms with Crippen LogP contribution in [0.4, 0.5) is 13.2 Å². The second-order valence-electron chi connectivity index (χ2n) is 5.75. The van der Waals surface area contributed by atoms with Gasteiger partial charge in [-0.25, -0.2) is 4.98 Å². The smallest absolute Gasteiger partial charge is 0.416 e. The van der Waals surface area contributed by atoms with E-state index in [1.807, 2.05) is 6.92 Å². The van der Waals surface area contributed by atoms with E-state index in [4.69, 9.17) is 4.42 Å². The van der Waals surface area contributed by atoms with Crippen LogP contribution in [0.2, 0.25) is 0 Å². The molecule has 5 heteroatoms. The van der Waals surface area contributed by atoms with Gasteiger partial charge in [0, 0.05) is 5.57 Å². The quantitative estimate of drug-likeness (QED) is 0.590. The zero-order chi connectivity index (χ0) is 17.9. The van der Waals surface area contributed by atoms with Gasteiger partial charge in [-0.1, -0.05) is 39.0 Å². The molecule has 0 bridgehead atoms. The van der Waals surface area contributed by atoms with Crippen molar-refractivity contribution in [2.75, 3.05) is 0 Å². The Morgan fingerprint density at radius 2 is 2.08 bits per heavy atom. The lowest BCUT2D eigenvalue weighted by Crippen LogP contribution is -2.03. The molecule has 1 aromatic carbocycles. The van der Waals surface area contributed by atoms with Crippen LogP contribution in [0.3, 0.4) is 0 Å². The lowest BCUT2D eigenvalue weighted by atomic mass is 10.00. The summed E-state index contributed by atoms with van der Waals surface area (Å²) in [7, 11) is 0. The van der Waals surface area contributed by atoms with Crippen molar-refractivity contribution in [1.82, 2.24) is 4.98 Å². The molecule has 0 aliphatic rings. The first-order chi connectivity index (χ1) is 11.3. The van der Waals surface area contributed by atoms with Gasteiger partial charge in [0.25, 0.3) is 0 Å². The van der Waals surface area contributed by atoms with Gasteiger partial charge >= 0.3 is 6.18 Å². The van der Waals surface area contributed by atoms with Crippen LogP contribution in [0, 0.1) is 5.92 Å². The van der Waals surface area contributed by atoms with Crippen LogP contribution in [0.15, 0.2) is 53.0 Å². The van der Waals surface area contributed by atoms with E-state index in [1.54, 1.807) is 12.2 Å². The maximum absolute atomic E-state index is 12.8. The molecule has 1 aromatic heterocycles. The average molecular weight is 335 g/mol. The number of oxazole rings is 1. The van der Waals surface area contributed by atoms with Crippen molar-refractivity contribution in [1.29, 1.82) is 0 Å². The molecule has 2 nitrogen and oxygen atoms in total. The highest BCUT2D eigenvalue weighted by Crippen LogP contribution is 2.33. The fourth-order valence-corrected chi connectivity index (χ4v) is 2.34.